The minimum Gasteiger partial charge on any atom is -0.367 e. The number of aromatic nitrogens is 2. The van der Waals surface area contributed by atoms with E-state index in [1.807, 2.05) is 19.1 Å². The first-order chi connectivity index (χ1) is 16.0. The molecule has 8 heteroatoms. The molecule has 1 aromatic heterocycles. The van der Waals surface area contributed by atoms with Crippen molar-refractivity contribution in [2.45, 2.75) is 32.6 Å². The van der Waals surface area contributed by atoms with Gasteiger partial charge in [-0.1, -0.05) is 25.5 Å². The van der Waals surface area contributed by atoms with Gasteiger partial charge in [0.2, 0.25) is 0 Å². The summed E-state index contributed by atoms with van der Waals surface area (Å²) in [6.07, 6.45) is 3.04. The fourth-order valence-electron chi connectivity index (χ4n) is 4.32. The predicted octanol–water partition coefficient (Wildman–Crippen LogP) is 5.14. The molecule has 4 rings (SSSR count). The lowest BCUT2D eigenvalue weighted by atomic mass is 10.1. The predicted molar refractivity (Wildman–Crippen MR) is 121 cm³/mol. The van der Waals surface area contributed by atoms with E-state index in [-0.39, 0.29) is 11.5 Å². The number of piperazine rings is 1. The Labute approximate surface area is 191 Å². The molecule has 0 bridgehead atoms. The largest absolute Gasteiger partial charge is 0.367 e. The highest BCUT2D eigenvalue weighted by Crippen LogP contribution is 2.23. The van der Waals surface area contributed by atoms with Crippen LogP contribution in [0.5, 0.6) is 0 Å². The average molecular weight is 461 g/mol. The molecule has 3 aromatic rings. The van der Waals surface area contributed by atoms with E-state index in [0.29, 0.717) is 12.1 Å². The lowest BCUT2D eigenvalue weighted by molar-refractivity contribution is 0.254. The number of anilines is 1. The molecular formula is C25H28F4N4. The summed E-state index contributed by atoms with van der Waals surface area (Å²) in [4.78, 5) is 4.38. The molecule has 0 atom stereocenters. The summed E-state index contributed by atoms with van der Waals surface area (Å²) >= 11 is 0. The van der Waals surface area contributed by atoms with Gasteiger partial charge in [-0.05, 0) is 56.1 Å². The van der Waals surface area contributed by atoms with Gasteiger partial charge in [-0.25, -0.2) is 22.2 Å². The highest BCUT2D eigenvalue weighted by atomic mass is 19.2. The normalized spacial score (nSPS) is 14.8. The molecule has 0 N–H and O–H groups in total. The highest BCUT2D eigenvalue weighted by molar-refractivity contribution is 5.48. The first-order valence-electron chi connectivity index (χ1n) is 11.4. The Hall–Kier alpha value is -2.87. The first kappa shape index (κ1) is 23.3. The molecule has 1 aliphatic rings. The maximum atomic E-state index is 14.4. The molecule has 0 radical (unpaired) electrons. The Morgan fingerprint density at radius 2 is 1.58 bits per heavy atom. The topological polar surface area (TPSA) is 24.3 Å². The Balaban J connectivity index is 1.39. The van der Waals surface area contributed by atoms with Crippen molar-refractivity contribution in [1.29, 1.82) is 0 Å². The Bertz CT molecular complexity index is 1090. The molecule has 2 heterocycles. The summed E-state index contributed by atoms with van der Waals surface area (Å²) in [6.45, 7) is 6.01. The van der Waals surface area contributed by atoms with Crippen LogP contribution in [-0.2, 0) is 12.8 Å². The minimum absolute atomic E-state index is 0.0789. The molecule has 0 amide bonds. The van der Waals surface area contributed by atoms with Gasteiger partial charge in [-0.3, -0.25) is 4.90 Å². The van der Waals surface area contributed by atoms with E-state index >= 15 is 0 Å². The zero-order valence-electron chi connectivity index (χ0n) is 18.7. The third-order valence-electron chi connectivity index (χ3n) is 6.06. The van der Waals surface area contributed by atoms with Crippen LogP contribution in [-0.4, -0.2) is 47.4 Å². The number of aryl methyl sites for hydroxylation is 2. The molecule has 0 saturated carbocycles. The Kier molecular flexibility index (Phi) is 7.33. The summed E-state index contributed by atoms with van der Waals surface area (Å²) in [5, 5.41) is 4.45. The zero-order valence-corrected chi connectivity index (χ0v) is 18.7. The van der Waals surface area contributed by atoms with Crippen molar-refractivity contribution in [3.05, 3.63) is 77.1 Å². The van der Waals surface area contributed by atoms with E-state index in [1.54, 1.807) is 12.1 Å². The van der Waals surface area contributed by atoms with Crippen molar-refractivity contribution in [3.8, 4) is 5.69 Å². The molecule has 33 heavy (non-hydrogen) atoms. The molecular weight excluding hydrogens is 432 g/mol. The highest BCUT2D eigenvalue weighted by Gasteiger charge is 2.21. The summed E-state index contributed by atoms with van der Waals surface area (Å²) in [7, 11) is 0. The van der Waals surface area contributed by atoms with Crippen molar-refractivity contribution in [2.75, 3.05) is 37.6 Å². The SMILES string of the molecule is CCCc1cc(CCCN2CCN(c3ccccc3F)CC2)n(-c2ccc(F)c(F)c2F)n1. The number of para-hydroxylation sites is 1. The molecule has 176 valence electrons. The maximum Gasteiger partial charge on any atom is 0.196 e. The lowest BCUT2D eigenvalue weighted by Gasteiger charge is -2.36. The van der Waals surface area contributed by atoms with Crippen LogP contribution >= 0.6 is 0 Å². The average Bonchev–Trinajstić information content (AvgIpc) is 3.21. The third kappa shape index (κ3) is 5.21. The second-order valence-electron chi connectivity index (χ2n) is 8.37. The van der Waals surface area contributed by atoms with Gasteiger partial charge < -0.3 is 4.90 Å². The van der Waals surface area contributed by atoms with Crippen LogP contribution in [0.15, 0.2) is 42.5 Å². The van der Waals surface area contributed by atoms with Gasteiger partial charge in [0.15, 0.2) is 17.5 Å². The van der Waals surface area contributed by atoms with Gasteiger partial charge in [0.1, 0.15) is 11.5 Å². The second kappa shape index (κ2) is 10.4. The van der Waals surface area contributed by atoms with Gasteiger partial charge in [0.05, 0.1) is 11.4 Å². The summed E-state index contributed by atoms with van der Waals surface area (Å²) < 4.78 is 57.1. The van der Waals surface area contributed by atoms with Crippen LogP contribution in [0.2, 0.25) is 0 Å². The summed E-state index contributed by atoms with van der Waals surface area (Å²) in [6, 6.07) is 10.9. The monoisotopic (exact) mass is 460 g/mol. The standard InChI is InChI=1S/C25H28F4N4/c1-2-6-18-17-19(33(30-18)23-11-10-21(27)24(28)25(23)29)7-5-12-31-13-15-32(16-14-31)22-9-4-3-8-20(22)26/h3-4,8-11,17H,2,5-7,12-16H2,1H3. The van der Waals surface area contributed by atoms with Gasteiger partial charge in [0.25, 0.3) is 0 Å². The molecule has 1 saturated heterocycles. The number of hydrogen-bond acceptors (Lipinski definition) is 3. The van der Waals surface area contributed by atoms with Crippen molar-refractivity contribution < 1.29 is 17.6 Å². The van der Waals surface area contributed by atoms with Gasteiger partial charge in [0, 0.05) is 31.9 Å². The molecule has 0 unspecified atom stereocenters. The maximum absolute atomic E-state index is 14.4. The van der Waals surface area contributed by atoms with E-state index in [9.17, 15) is 17.6 Å². The van der Waals surface area contributed by atoms with E-state index in [4.69, 9.17) is 0 Å². The number of nitrogens with zero attached hydrogens (tertiary/aromatic N) is 4. The van der Waals surface area contributed by atoms with Crippen molar-refractivity contribution >= 4 is 5.69 Å². The van der Waals surface area contributed by atoms with E-state index < -0.39 is 17.5 Å². The number of benzene rings is 2. The molecule has 0 aliphatic carbocycles. The molecule has 1 aliphatic heterocycles. The Morgan fingerprint density at radius 3 is 2.30 bits per heavy atom. The lowest BCUT2D eigenvalue weighted by Crippen LogP contribution is -2.47. The second-order valence-corrected chi connectivity index (χ2v) is 8.37. The van der Waals surface area contributed by atoms with Crippen LogP contribution < -0.4 is 4.90 Å². The van der Waals surface area contributed by atoms with Gasteiger partial charge in [-0.2, -0.15) is 5.10 Å². The molecule has 2 aromatic carbocycles. The van der Waals surface area contributed by atoms with E-state index in [1.165, 1.54) is 16.8 Å². The smallest absolute Gasteiger partial charge is 0.196 e. The van der Waals surface area contributed by atoms with Gasteiger partial charge in [-0.15, -0.1) is 0 Å². The summed E-state index contributed by atoms with van der Waals surface area (Å²) in [5.74, 6) is -4.13. The van der Waals surface area contributed by atoms with Crippen LogP contribution in [0.1, 0.15) is 31.2 Å². The van der Waals surface area contributed by atoms with Gasteiger partial charge >= 0.3 is 0 Å². The molecule has 1 fully saturated rings. The quantitative estimate of drug-likeness (QED) is 0.344. The molecule has 0 spiro atoms. The number of halogens is 4. The third-order valence-corrected chi connectivity index (χ3v) is 6.06. The number of hydrogen-bond donors (Lipinski definition) is 0. The van der Waals surface area contributed by atoms with Crippen molar-refractivity contribution in [1.82, 2.24) is 14.7 Å². The Morgan fingerprint density at radius 1 is 0.818 bits per heavy atom. The fourth-order valence-corrected chi connectivity index (χ4v) is 4.32. The fraction of sp³-hybridized carbons (Fsp3) is 0.400. The minimum atomic E-state index is -1.49. The van der Waals surface area contributed by atoms with Crippen LogP contribution in [0, 0.1) is 23.3 Å². The van der Waals surface area contributed by atoms with Crippen molar-refractivity contribution in [3.63, 3.8) is 0 Å². The van der Waals surface area contributed by atoms with Crippen molar-refractivity contribution in [2.24, 2.45) is 0 Å². The van der Waals surface area contributed by atoms with Crippen LogP contribution in [0.4, 0.5) is 23.2 Å². The van der Waals surface area contributed by atoms with E-state index in [0.717, 1.165) is 69.4 Å². The number of rotatable bonds is 8. The zero-order chi connectivity index (χ0) is 23.4. The summed E-state index contributed by atoms with van der Waals surface area (Å²) in [5.41, 5.74) is 2.13. The van der Waals surface area contributed by atoms with E-state index in [2.05, 4.69) is 14.9 Å². The van der Waals surface area contributed by atoms with Crippen LogP contribution in [0.3, 0.4) is 0 Å². The first-order valence-corrected chi connectivity index (χ1v) is 11.4. The van der Waals surface area contributed by atoms with Crippen LogP contribution in [0.25, 0.3) is 5.69 Å². The molecule has 4 nitrogen and oxygen atoms in total.